The van der Waals surface area contributed by atoms with Gasteiger partial charge in [0.15, 0.2) is 0 Å². The predicted octanol–water partition coefficient (Wildman–Crippen LogP) is -0.401. The Kier molecular flexibility index (Phi) is 6.67. The lowest BCUT2D eigenvalue weighted by atomic mass is 10.4. The number of aliphatic hydroxyl groups excluding tert-OH is 1. The quantitative estimate of drug-likeness (QED) is 0.364. The van der Waals surface area contributed by atoms with Crippen LogP contribution in [-0.4, -0.2) is 35.9 Å². The number of nitrogens with one attached hydrogen (secondary N) is 1. The minimum absolute atomic E-state index is 0.0243. The third-order valence-electron chi connectivity index (χ3n) is 1.00. The van der Waals surface area contributed by atoms with Crippen molar-refractivity contribution in [2.75, 3.05) is 19.7 Å². The van der Waals surface area contributed by atoms with Crippen LogP contribution in [0, 0.1) is 0 Å². The van der Waals surface area contributed by atoms with E-state index in [0.717, 1.165) is 0 Å². The highest BCUT2D eigenvalue weighted by Crippen LogP contribution is 1.77. The minimum Gasteiger partial charge on any atom is -0.480 e. The fourth-order valence-electron chi connectivity index (χ4n) is 0.538. The van der Waals surface area contributed by atoms with Crippen molar-refractivity contribution in [1.82, 2.24) is 5.32 Å². The van der Waals surface area contributed by atoms with Crippen LogP contribution in [-0.2, 0) is 4.79 Å². The molecule has 0 aliphatic carbocycles. The van der Waals surface area contributed by atoms with Crippen molar-refractivity contribution in [1.29, 1.82) is 0 Å². The van der Waals surface area contributed by atoms with Gasteiger partial charge in [0.05, 0.1) is 6.54 Å². The second-order valence-electron chi connectivity index (χ2n) is 2.01. The lowest BCUT2D eigenvalue weighted by molar-refractivity contribution is -0.135. The summed E-state index contributed by atoms with van der Waals surface area (Å²) in [7, 11) is 0. The normalized spacial score (nSPS) is 10.6. The summed E-state index contributed by atoms with van der Waals surface area (Å²) >= 11 is 0. The number of hydrogen-bond acceptors (Lipinski definition) is 3. The van der Waals surface area contributed by atoms with E-state index < -0.39 is 5.97 Å². The van der Waals surface area contributed by atoms with Crippen LogP contribution in [0.5, 0.6) is 0 Å². The van der Waals surface area contributed by atoms with Crippen molar-refractivity contribution in [2.24, 2.45) is 0 Å². The zero-order chi connectivity index (χ0) is 8.53. The Balaban J connectivity index is 3.07. The molecule has 0 bridgehead atoms. The van der Waals surface area contributed by atoms with Gasteiger partial charge in [0.2, 0.25) is 0 Å². The average molecular weight is 159 g/mol. The van der Waals surface area contributed by atoms with Gasteiger partial charge in [-0.2, -0.15) is 0 Å². The zero-order valence-electron chi connectivity index (χ0n) is 6.29. The van der Waals surface area contributed by atoms with Crippen molar-refractivity contribution < 1.29 is 15.0 Å². The molecule has 0 saturated carbocycles. The Morgan fingerprint density at radius 1 is 1.45 bits per heavy atom. The van der Waals surface area contributed by atoms with E-state index in [9.17, 15) is 4.79 Å². The number of carboxylic acid groups (broad SMARTS) is 1. The number of rotatable bonds is 6. The molecule has 0 spiro atoms. The Morgan fingerprint density at radius 3 is 2.73 bits per heavy atom. The highest BCUT2D eigenvalue weighted by molar-refractivity contribution is 5.68. The first-order valence-corrected chi connectivity index (χ1v) is 3.45. The number of aliphatic hydroxyl groups is 1. The van der Waals surface area contributed by atoms with Gasteiger partial charge in [0.25, 0.3) is 0 Å². The largest absolute Gasteiger partial charge is 0.480 e. The standard InChI is InChI=1S/C7H13NO3/c9-5-3-1-2-4-8-6-7(10)11/h1-2,8-9H,3-6H2,(H,10,11)/b2-1+. The molecule has 0 unspecified atom stereocenters. The maximum atomic E-state index is 9.96. The van der Waals surface area contributed by atoms with Gasteiger partial charge in [-0.25, -0.2) is 0 Å². The lowest BCUT2D eigenvalue weighted by Gasteiger charge is -1.93. The molecule has 0 rings (SSSR count). The maximum Gasteiger partial charge on any atom is 0.317 e. The van der Waals surface area contributed by atoms with Gasteiger partial charge >= 0.3 is 5.97 Å². The topological polar surface area (TPSA) is 69.6 Å². The summed E-state index contributed by atoms with van der Waals surface area (Å²) in [5.41, 5.74) is 0. The van der Waals surface area contributed by atoms with Crippen molar-refractivity contribution in [3.63, 3.8) is 0 Å². The first-order chi connectivity index (χ1) is 5.27. The molecule has 3 N–H and O–H groups in total. The van der Waals surface area contributed by atoms with Gasteiger partial charge in [-0.3, -0.25) is 4.79 Å². The lowest BCUT2D eigenvalue weighted by Crippen LogP contribution is -2.22. The number of aliphatic carboxylic acids is 1. The van der Waals surface area contributed by atoms with Crippen molar-refractivity contribution >= 4 is 5.97 Å². The average Bonchev–Trinajstić information content (AvgIpc) is 1.96. The molecular weight excluding hydrogens is 146 g/mol. The summed E-state index contributed by atoms with van der Waals surface area (Å²) < 4.78 is 0. The summed E-state index contributed by atoms with van der Waals surface area (Å²) in [5, 5.41) is 19.2. The molecule has 0 heterocycles. The first-order valence-electron chi connectivity index (χ1n) is 3.45. The second kappa shape index (κ2) is 7.24. The van der Waals surface area contributed by atoms with E-state index in [1.165, 1.54) is 0 Å². The Hall–Kier alpha value is -0.870. The molecule has 4 nitrogen and oxygen atoms in total. The second-order valence-corrected chi connectivity index (χ2v) is 2.01. The van der Waals surface area contributed by atoms with Gasteiger partial charge in [0, 0.05) is 13.2 Å². The molecule has 0 amide bonds. The fraction of sp³-hybridized carbons (Fsp3) is 0.571. The van der Waals surface area contributed by atoms with Crippen LogP contribution in [0.3, 0.4) is 0 Å². The molecule has 0 fully saturated rings. The van der Waals surface area contributed by atoms with E-state index >= 15 is 0 Å². The van der Waals surface area contributed by atoms with Gasteiger partial charge in [-0.1, -0.05) is 12.2 Å². The zero-order valence-corrected chi connectivity index (χ0v) is 6.29. The molecule has 64 valence electrons. The predicted molar refractivity (Wildman–Crippen MR) is 41.3 cm³/mol. The molecular formula is C7H13NO3. The summed E-state index contributed by atoms with van der Waals surface area (Å²) in [5.74, 6) is -0.861. The van der Waals surface area contributed by atoms with E-state index in [-0.39, 0.29) is 13.2 Å². The summed E-state index contributed by atoms with van der Waals surface area (Å²) in [6, 6.07) is 0. The molecule has 0 aromatic carbocycles. The molecule has 0 radical (unpaired) electrons. The molecule has 0 aromatic heterocycles. The number of carbonyl (C=O) groups is 1. The molecule has 11 heavy (non-hydrogen) atoms. The van der Waals surface area contributed by atoms with Crippen LogP contribution in [0.2, 0.25) is 0 Å². The van der Waals surface area contributed by atoms with E-state index in [1.54, 1.807) is 12.2 Å². The van der Waals surface area contributed by atoms with Crippen LogP contribution in [0.25, 0.3) is 0 Å². The van der Waals surface area contributed by atoms with Crippen LogP contribution >= 0.6 is 0 Å². The Labute approximate surface area is 65.5 Å². The Bertz CT molecular complexity index is 134. The van der Waals surface area contributed by atoms with Gasteiger partial charge in [-0.05, 0) is 6.42 Å². The van der Waals surface area contributed by atoms with Gasteiger partial charge in [0.1, 0.15) is 0 Å². The number of carboxylic acids is 1. The summed E-state index contributed by atoms with van der Waals surface area (Å²) in [6.07, 6.45) is 4.21. The van der Waals surface area contributed by atoms with Crippen molar-refractivity contribution in [2.45, 2.75) is 6.42 Å². The fourth-order valence-corrected chi connectivity index (χ4v) is 0.538. The van der Waals surface area contributed by atoms with Gasteiger partial charge < -0.3 is 15.5 Å². The molecule has 0 aliphatic heterocycles. The van der Waals surface area contributed by atoms with Crippen LogP contribution in [0.4, 0.5) is 0 Å². The van der Waals surface area contributed by atoms with E-state index in [4.69, 9.17) is 10.2 Å². The molecule has 0 saturated heterocycles. The highest BCUT2D eigenvalue weighted by Gasteiger charge is 1.90. The monoisotopic (exact) mass is 159 g/mol. The molecule has 4 heteroatoms. The molecule has 0 atom stereocenters. The Morgan fingerprint density at radius 2 is 2.18 bits per heavy atom. The molecule has 0 aliphatic rings. The first kappa shape index (κ1) is 10.1. The highest BCUT2D eigenvalue weighted by atomic mass is 16.4. The van der Waals surface area contributed by atoms with Crippen molar-refractivity contribution in [3.05, 3.63) is 12.2 Å². The smallest absolute Gasteiger partial charge is 0.317 e. The van der Waals surface area contributed by atoms with E-state index in [1.807, 2.05) is 0 Å². The molecule has 0 aromatic rings. The summed E-state index contributed by atoms with van der Waals surface area (Å²) in [4.78, 5) is 9.96. The summed E-state index contributed by atoms with van der Waals surface area (Å²) in [6.45, 7) is 0.644. The van der Waals surface area contributed by atoms with Crippen LogP contribution in [0.15, 0.2) is 12.2 Å². The van der Waals surface area contributed by atoms with Crippen molar-refractivity contribution in [3.8, 4) is 0 Å². The van der Waals surface area contributed by atoms with Crippen LogP contribution < -0.4 is 5.32 Å². The van der Waals surface area contributed by atoms with E-state index in [0.29, 0.717) is 13.0 Å². The van der Waals surface area contributed by atoms with Crippen LogP contribution in [0.1, 0.15) is 6.42 Å². The third-order valence-corrected chi connectivity index (χ3v) is 1.00. The van der Waals surface area contributed by atoms with E-state index in [2.05, 4.69) is 5.32 Å². The maximum absolute atomic E-state index is 9.96. The third kappa shape index (κ3) is 9.13. The number of hydrogen-bond donors (Lipinski definition) is 3. The SMILES string of the molecule is O=C(O)CNC/C=C/CCO. The minimum atomic E-state index is -0.861. The van der Waals surface area contributed by atoms with Gasteiger partial charge in [-0.15, -0.1) is 0 Å².